The van der Waals surface area contributed by atoms with Crippen LogP contribution in [0.2, 0.25) is 0 Å². The Morgan fingerprint density at radius 3 is 2.45 bits per heavy atom. The number of hydrogen-bond donors (Lipinski definition) is 0. The summed E-state index contributed by atoms with van der Waals surface area (Å²) in [5.41, 5.74) is 3.70. The van der Waals surface area contributed by atoms with Crippen LogP contribution in [-0.2, 0) is 32.0 Å². The van der Waals surface area contributed by atoms with Crippen molar-refractivity contribution < 1.29 is 19.1 Å². The van der Waals surface area contributed by atoms with Gasteiger partial charge in [-0.3, -0.25) is 14.4 Å². The van der Waals surface area contributed by atoms with Crippen LogP contribution >= 0.6 is 0 Å². The second-order valence-corrected chi connectivity index (χ2v) is 7.43. The summed E-state index contributed by atoms with van der Waals surface area (Å²) in [7, 11) is 0. The number of carbonyl (C=O) groups is 3. The fourth-order valence-corrected chi connectivity index (χ4v) is 3.95. The zero-order valence-corrected chi connectivity index (χ0v) is 16.3. The van der Waals surface area contributed by atoms with Crippen LogP contribution in [0.1, 0.15) is 30.4 Å². The summed E-state index contributed by atoms with van der Waals surface area (Å²) in [4.78, 5) is 40.0. The van der Waals surface area contributed by atoms with Crippen LogP contribution < -0.4 is 9.80 Å². The Kier molecular flexibility index (Phi) is 5.60. The molecule has 150 valence electrons. The first-order valence-corrected chi connectivity index (χ1v) is 10.0. The molecule has 2 aliphatic heterocycles. The molecule has 1 fully saturated rings. The number of anilines is 2. The molecular formula is C23H24N2O4. The molecule has 2 amide bonds. The number of fused-ring (bicyclic) bond motifs is 1. The average molecular weight is 392 g/mol. The Morgan fingerprint density at radius 1 is 0.931 bits per heavy atom. The van der Waals surface area contributed by atoms with Gasteiger partial charge in [-0.15, -0.1) is 0 Å². The van der Waals surface area contributed by atoms with Gasteiger partial charge in [-0.05, 0) is 48.6 Å². The van der Waals surface area contributed by atoms with Crippen LogP contribution in [-0.4, -0.2) is 37.5 Å². The number of nitrogens with zero attached hydrogens (tertiary/aromatic N) is 2. The molecule has 0 unspecified atom stereocenters. The molecule has 6 nitrogen and oxygen atoms in total. The van der Waals surface area contributed by atoms with E-state index in [9.17, 15) is 14.4 Å². The zero-order chi connectivity index (χ0) is 20.2. The largest absolute Gasteiger partial charge is 0.455 e. The highest BCUT2D eigenvalue weighted by atomic mass is 16.5. The number of hydrogen-bond acceptors (Lipinski definition) is 4. The minimum atomic E-state index is -0.436. The van der Waals surface area contributed by atoms with Crippen molar-refractivity contribution in [2.24, 2.45) is 0 Å². The van der Waals surface area contributed by atoms with Crippen molar-refractivity contribution in [2.45, 2.75) is 32.1 Å². The van der Waals surface area contributed by atoms with Crippen LogP contribution in [0.25, 0.3) is 0 Å². The summed E-state index contributed by atoms with van der Waals surface area (Å²) >= 11 is 0. The molecule has 2 aromatic carbocycles. The molecule has 0 radical (unpaired) electrons. The first-order valence-electron chi connectivity index (χ1n) is 10.0. The summed E-state index contributed by atoms with van der Waals surface area (Å²) < 4.78 is 5.23. The van der Waals surface area contributed by atoms with Crippen molar-refractivity contribution in [1.29, 1.82) is 0 Å². The Hall–Kier alpha value is -3.15. The van der Waals surface area contributed by atoms with Crippen molar-refractivity contribution in [2.75, 3.05) is 29.5 Å². The van der Waals surface area contributed by atoms with Gasteiger partial charge in [0.25, 0.3) is 5.91 Å². The minimum absolute atomic E-state index is 0.0953. The van der Waals surface area contributed by atoms with E-state index < -0.39 is 5.97 Å². The number of carbonyl (C=O) groups excluding carboxylic acids is 3. The maximum absolute atomic E-state index is 12.6. The summed E-state index contributed by atoms with van der Waals surface area (Å²) in [6.07, 6.45) is 3.42. The maximum atomic E-state index is 12.6. The molecule has 2 heterocycles. The predicted molar refractivity (Wildman–Crippen MR) is 110 cm³/mol. The van der Waals surface area contributed by atoms with E-state index in [2.05, 4.69) is 0 Å². The van der Waals surface area contributed by atoms with Crippen molar-refractivity contribution in [3.8, 4) is 0 Å². The van der Waals surface area contributed by atoms with Gasteiger partial charge in [-0.25, -0.2) is 0 Å². The molecule has 0 atom stereocenters. The highest BCUT2D eigenvalue weighted by Gasteiger charge is 2.23. The Morgan fingerprint density at radius 2 is 1.69 bits per heavy atom. The predicted octanol–water partition coefficient (Wildman–Crippen LogP) is 2.88. The topological polar surface area (TPSA) is 66.9 Å². The van der Waals surface area contributed by atoms with E-state index in [1.54, 1.807) is 9.80 Å². The van der Waals surface area contributed by atoms with Gasteiger partial charge < -0.3 is 14.5 Å². The summed E-state index contributed by atoms with van der Waals surface area (Å²) in [6, 6.07) is 15.2. The van der Waals surface area contributed by atoms with Gasteiger partial charge in [0.15, 0.2) is 6.61 Å². The lowest BCUT2D eigenvalue weighted by Crippen LogP contribution is -2.38. The summed E-state index contributed by atoms with van der Waals surface area (Å²) in [6.45, 7) is 1.12. The molecule has 2 aliphatic rings. The Bertz CT molecular complexity index is 923. The van der Waals surface area contributed by atoms with E-state index in [0.29, 0.717) is 13.0 Å². The summed E-state index contributed by atoms with van der Waals surface area (Å²) in [5, 5.41) is 0. The summed E-state index contributed by atoms with van der Waals surface area (Å²) in [5.74, 6) is -0.503. The second-order valence-electron chi connectivity index (χ2n) is 7.43. The number of aryl methyl sites for hydroxylation is 1. The number of para-hydroxylation sites is 1. The number of amides is 2. The Balaban J connectivity index is 1.30. The van der Waals surface area contributed by atoms with Crippen molar-refractivity contribution >= 4 is 29.2 Å². The van der Waals surface area contributed by atoms with Gasteiger partial charge in [0.2, 0.25) is 5.91 Å². The van der Waals surface area contributed by atoms with Gasteiger partial charge in [-0.1, -0.05) is 30.3 Å². The first kappa shape index (κ1) is 19.2. The Labute approximate surface area is 170 Å². The quantitative estimate of drug-likeness (QED) is 0.734. The highest BCUT2D eigenvalue weighted by molar-refractivity contribution is 5.96. The fraction of sp³-hybridized carbons (Fsp3) is 0.348. The van der Waals surface area contributed by atoms with Gasteiger partial charge in [0.1, 0.15) is 0 Å². The maximum Gasteiger partial charge on any atom is 0.310 e. The number of ether oxygens (including phenoxy) is 1. The van der Waals surface area contributed by atoms with E-state index in [4.69, 9.17) is 4.74 Å². The lowest BCUT2D eigenvalue weighted by atomic mass is 10.0. The molecule has 1 saturated heterocycles. The van der Waals surface area contributed by atoms with E-state index in [0.717, 1.165) is 48.3 Å². The molecular weight excluding hydrogens is 368 g/mol. The molecule has 0 N–H and O–H groups in total. The van der Waals surface area contributed by atoms with E-state index in [-0.39, 0.29) is 24.8 Å². The normalized spacial score (nSPS) is 15.9. The molecule has 4 rings (SSSR count). The zero-order valence-electron chi connectivity index (χ0n) is 16.3. The third-order valence-electron chi connectivity index (χ3n) is 5.44. The van der Waals surface area contributed by atoms with Gasteiger partial charge >= 0.3 is 5.97 Å². The van der Waals surface area contributed by atoms with Gasteiger partial charge in [0.05, 0.1) is 6.42 Å². The third-order valence-corrected chi connectivity index (χ3v) is 5.44. The van der Waals surface area contributed by atoms with Crippen LogP contribution in [0.5, 0.6) is 0 Å². The van der Waals surface area contributed by atoms with Crippen LogP contribution in [0.15, 0.2) is 48.5 Å². The van der Waals surface area contributed by atoms with Gasteiger partial charge in [0, 0.05) is 30.9 Å². The first-order chi connectivity index (χ1) is 14.1. The lowest BCUT2D eigenvalue weighted by Gasteiger charge is -2.29. The molecule has 2 aromatic rings. The molecule has 0 saturated carbocycles. The highest BCUT2D eigenvalue weighted by Crippen LogP contribution is 2.26. The SMILES string of the molecule is O=C(Cc1ccc(N2CCCC2=O)cc1)OCC(=O)N1CCCc2ccccc21. The van der Waals surface area contributed by atoms with Crippen LogP contribution in [0, 0.1) is 0 Å². The number of esters is 1. The van der Waals surface area contributed by atoms with Crippen molar-refractivity contribution in [1.82, 2.24) is 0 Å². The van der Waals surface area contributed by atoms with E-state index >= 15 is 0 Å². The lowest BCUT2D eigenvalue weighted by molar-refractivity contribution is -0.147. The van der Waals surface area contributed by atoms with E-state index in [1.807, 2.05) is 48.5 Å². The fourth-order valence-electron chi connectivity index (χ4n) is 3.95. The number of rotatable bonds is 5. The molecule has 0 bridgehead atoms. The molecule has 0 aromatic heterocycles. The smallest absolute Gasteiger partial charge is 0.310 e. The molecule has 6 heteroatoms. The van der Waals surface area contributed by atoms with Crippen molar-refractivity contribution in [3.63, 3.8) is 0 Å². The molecule has 0 aliphatic carbocycles. The van der Waals surface area contributed by atoms with Crippen molar-refractivity contribution in [3.05, 3.63) is 59.7 Å². The second kappa shape index (κ2) is 8.47. The van der Waals surface area contributed by atoms with Gasteiger partial charge in [-0.2, -0.15) is 0 Å². The molecule has 0 spiro atoms. The van der Waals surface area contributed by atoms with Crippen LogP contribution in [0.3, 0.4) is 0 Å². The number of benzene rings is 2. The minimum Gasteiger partial charge on any atom is -0.455 e. The van der Waals surface area contributed by atoms with Crippen LogP contribution in [0.4, 0.5) is 11.4 Å². The standard InChI is InChI=1S/C23H24N2O4/c26-21-8-4-13-24(21)19-11-9-17(10-12-19)15-23(28)29-16-22(27)25-14-3-6-18-5-1-2-7-20(18)25/h1-2,5,7,9-12H,3-4,6,8,13-16H2. The van der Waals surface area contributed by atoms with E-state index in [1.165, 1.54) is 0 Å². The average Bonchev–Trinajstić information content (AvgIpc) is 3.18. The molecule has 29 heavy (non-hydrogen) atoms. The monoisotopic (exact) mass is 392 g/mol. The third kappa shape index (κ3) is 4.31.